The Labute approximate surface area is 258 Å². The zero-order valence-corrected chi connectivity index (χ0v) is 25.2. The molecule has 1 aliphatic rings. The zero-order valence-electron chi connectivity index (χ0n) is 24.4. The van der Waals surface area contributed by atoms with Gasteiger partial charge >= 0.3 is 0 Å². The molecule has 1 atom stereocenters. The first kappa shape index (κ1) is 30.9. The van der Waals surface area contributed by atoms with Gasteiger partial charge in [-0.1, -0.05) is 104 Å². The smallest absolute Gasteiger partial charge is 0.264 e. The van der Waals surface area contributed by atoms with Crippen molar-refractivity contribution in [2.75, 3.05) is 10.8 Å². The quantitative estimate of drug-likeness (QED) is 0.222. The SMILES string of the molecule is O=C(NC1CCCC1)C(Cc1ccccc1)N(Cc1ccccc1)C(=O)CN(c1ccccc1F)S(=O)(=O)c1ccccc1. The van der Waals surface area contributed by atoms with Gasteiger partial charge in [-0.2, -0.15) is 0 Å². The van der Waals surface area contributed by atoms with Gasteiger partial charge in [0.1, 0.15) is 18.4 Å². The van der Waals surface area contributed by atoms with Crippen molar-refractivity contribution in [2.45, 2.75) is 55.6 Å². The average Bonchev–Trinajstić information content (AvgIpc) is 3.56. The Morgan fingerprint density at radius 3 is 1.93 bits per heavy atom. The van der Waals surface area contributed by atoms with E-state index in [0.29, 0.717) is 0 Å². The molecule has 4 aromatic rings. The Morgan fingerprint density at radius 1 is 0.773 bits per heavy atom. The first-order valence-corrected chi connectivity index (χ1v) is 16.3. The number of carbonyl (C=O) groups is 2. The van der Waals surface area contributed by atoms with E-state index in [9.17, 15) is 18.0 Å². The molecule has 9 heteroatoms. The van der Waals surface area contributed by atoms with Gasteiger partial charge in [0.15, 0.2) is 0 Å². The second kappa shape index (κ2) is 14.3. The van der Waals surface area contributed by atoms with E-state index in [-0.39, 0.29) is 35.5 Å². The molecule has 5 rings (SSSR count). The number of hydrogen-bond acceptors (Lipinski definition) is 4. The molecule has 4 aromatic carbocycles. The van der Waals surface area contributed by atoms with Crippen molar-refractivity contribution < 1.29 is 22.4 Å². The number of amides is 2. The molecule has 0 spiro atoms. The Bertz CT molecular complexity index is 1650. The third-order valence-corrected chi connectivity index (χ3v) is 9.67. The predicted molar refractivity (Wildman–Crippen MR) is 169 cm³/mol. The number of rotatable bonds is 12. The van der Waals surface area contributed by atoms with Gasteiger partial charge in [0.05, 0.1) is 10.6 Å². The van der Waals surface area contributed by atoms with Crippen LogP contribution < -0.4 is 9.62 Å². The van der Waals surface area contributed by atoms with Gasteiger partial charge in [-0.15, -0.1) is 0 Å². The molecule has 7 nitrogen and oxygen atoms in total. The number of nitrogens with zero attached hydrogens (tertiary/aromatic N) is 2. The van der Waals surface area contributed by atoms with Crippen molar-refractivity contribution >= 4 is 27.5 Å². The lowest BCUT2D eigenvalue weighted by Crippen LogP contribution is -2.54. The maximum Gasteiger partial charge on any atom is 0.264 e. The summed E-state index contributed by atoms with van der Waals surface area (Å²) in [5, 5.41) is 3.15. The molecule has 0 bridgehead atoms. The molecule has 1 aliphatic carbocycles. The summed E-state index contributed by atoms with van der Waals surface area (Å²) in [6.07, 6.45) is 4.01. The van der Waals surface area contributed by atoms with E-state index in [2.05, 4.69) is 5.32 Å². The van der Waals surface area contributed by atoms with Crippen LogP contribution in [0.15, 0.2) is 120 Å². The van der Waals surface area contributed by atoms with Crippen molar-refractivity contribution in [3.05, 3.63) is 132 Å². The van der Waals surface area contributed by atoms with Crippen molar-refractivity contribution in [2.24, 2.45) is 0 Å². The Balaban J connectivity index is 1.55. The highest BCUT2D eigenvalue weighted by Gasteiger charge is 2.36. The normalized spacial score (nSPS) is 14.1. The van der Waals surface area contributed by atoms with Crippen LogP contribution in [0, 0.1) is 5.82 Å². The number of nitrogens with one attached hydrogen (secondary N) is 1. The van der Waals surface area contributed by atoms with Crippen LogP contribution in [0.4, 0.5) is 10.1 Å². The number of halogens is 1. The minimum Gasteiger partial charge on any atom is -0.352 e. The molecule has 228 valence electrons. The third kappa shape index (κ3) is 7.52. The fourth-order valence-electron chi connectivity index (χ4n) is 5.59. The highest BCUT2D eigenvalue weighted by molar-refractivity contribution is 7.92. The first-order valence-electron chi connectivity index (χ1n) is 14.8. The van der Waals surface area contributed by atoms with Crippen molar-refractivity contribution in [1.29, 1.82) is 0 Å². The molecule has 1 N–H and O–H groups in total. The summed E-state index contributed by atoms with van der Waals surface area (Å²) in [4.78, 5) is 29.7. The molecular formula is C35H36FN3O4S. The Morgan fingerprint density at radius 2 is 1.32 bits per heavy atom. The van der Waals surface area contributed by atoms with Gasteiger partial charge in [0.25, 0.3) is 10.0 Å². The van der Waals surface area contributed by atoms with Gasteiger partial charge in [-0.3, -0.25) is 13.9 Å². The summed E-state index contributed by atoms with van der Waals surface area (Å²) >= 11 is 0. The van der Waals surface area contributed by atoms with E-state index in [1.807, 2.05) is 60.7 Å². The lowest BCUT2D eigenvalue weighted by atomic mass is 10.0. The molecule has 0 heterocycles. The van der Waals surface area contributed by atoms with E-state index in [4.69, 9.17) is 0 Å². The van der Waals surface area contributed by atoms with Crippen LogP contribution in [0.3, 0.4) is 0 Å². The third-order valence-electron chi connectivity index (χ3n) is 7.90. The van der Waals surface area contributed by atoms with Crippen LogP contribution in [-0.2, 0) is 32.6 Å². The van der Waals surface area contributed by atoms with E-state index in [1.165, 1.54) is 35.2 Å². The monoisotopic (exact) mass is 613 g/mol. The number of hydrogen-bond donors (Lipinski definition) is 1. The highest BCUT2D eigenvalue weighted by Crippen LogP contribution is 2.27. The number of para-hydroxylation sites is 1. The number of anilines is 1. The fraction of sp³-hybridized carbons (Fsp3) is 0.257. The number of carbonyl (C=O) groups excluding carboxylic acids is 2. The number of benzene rings is 4. The second-order valence-corrected chi connectivity index (χ2v) is 12.8. The van der Waals surface area contributed by atoms with Crippen LogP contribution in [0.5, 0.6) is 0 Å². The Hall–Kier alpha value is -4.50. The van der Waals surface area contributed by atoms with Gasteiger partial charge in [-0.05, 0) is 48.2 Å². The van der Waals surface area contributed by atoms with Crippen LogP contribution in [0.1, 0.15) is 36.8 Å². The number of sulfonamides is 1. The van der Waals surface area contributed by atoms with Gasteiger partial charge < -0.3 is 10.2 Å². The molecule has 0 aliphatic heterocycles. The van der Waals surface area contributed by atoms with Crippen molar-refractivity contribution in [1.82, 2.24) is 10.2 Å². The first-order chi connectivity index (χ1) is 21.3. The fourth-order valence-corrected chi connectivity index (χ4v) is 7.03. The van der Waals surface area contributed by atoms with E-state index in [0.717, 1.165) is 47.2 Å². The maximum absolute atomic E-state index is 15.2. The van der Waals surface area contributed by atoms with Crippen molar-refractivity contribution in [3.8, 4) is 0 Å². The summed E-state index contributed by atoms with van der Waals surface area (Å²) in [7, 11) is -4.36. The summed E-state index contributed by atoms with van der Waals surface area (Å²) in [6.45, 7) is -0.640. The van der Waals surface area contributed by atoms with Crippen LogP contribution in [0.2, 0.25) is 0 Å². The molecule has 0 aromatic heterocycles. The topological polar surface area (TPSA) is 86.8 Å². The van der Waals surface area contributed by atoms with Crippen LogP contribution in [0.25, 0.3) is 0 Å². The van der Waals surface area contributed by atoms with E-state index in [1.54, 1.807) is 18.2 Å². The van der Waals surface area contributed by atoms with Gasteiger partial charge in [0, 0.05) is 19.0 Å². The Kier molecular flexibility index (Phi) is 10.1. The minimum absolute atomic E-state index is 0.0165. The molecule has 2 amide bonds. The van der Waals surface area contributed by atoms with E-state index >= 15 is 4.39 Å². The minimum atomic E-state index is -4.36. The summed E-state index contributed by atoms with van der Waals surface area (Å²) in [6, 6.07) is 30.8. The highest BCUT2D eigenvalue weighted by atomic mass is 32.2. The second-order valence-electron chi connectivity index (χ2n) is 11.0. The molecular weight excluding hydrogens is 577 g/mol. The molecule has 1 fully saturated rings. The van der Waals surface area contributed by atoms with Crippen LogP contribution in [-0.4, -0.2) is 43.8 Å². The molecule has 0 radical (unpaired) electrons. The summed E-state index contributed by atoms with van der Waals surface area (Å²) in [5.41, 5.74) is 1.38. The average molecular weight is 614 g/mol. The lowest BCUT2D eigenvalue weighted by Gasteiger charge is -2.34. The van der Waals surface area contributed by atoms with Gasteiger partial charge in [-0.25, -0.2) is 12.8 Å². The predicted octanol–water partition coefficient (Wildman–Crippen LogP) is 5.72. The molecule has 44 heavy (non-hydrogen) atoms. The van der Waals surface area contributed by atoms with E-state index < -0.39 is 34.3 Å². The van der Waals surface area contributed by atoms with Crippen LogP contribution >= 0.6 is 0 Å². The standard InChI is InChI=1S/C35H36FN3O4S/c36-31-22-12-13-23-32(31)39(44(42,43)30-20-8-3-9-21-30)26-34(40)38(25-28-16-6-2-7-17-28)33(24-27-14-4-1-5-15-27)35(41)37-29-18-10-11-19-29/h1-9,12-17,20-23,29,33H,10-11,18-19,24-26H2,(H,37,41). The van der Waals surface area contributed by atoms with Crippen molar-refractivity contribution in [3.63, 3.8) is 0 Å². The largest absolute Gasteiger partial charge is 0.352 e. The maximum atomic E-state index is 15.2. The summed E-state index contributed by atoms with van der Waals surface area (Å²) in [5.74, 6) is -1.71. The lowest BCUT2D eigenvalue weighted by molar-refractivity contribution is -0.140. The summed E-state index contributed by atoms with van der Waals surface area (Å²) < 4.78 is 43.9. The molecule has 1 saturated carbocycles. The zero-order chi connectivity index (χ0) is 30.9. The van der Waals surface area contributed by atoms with Gasteiger partial charge in [0.2, 0.25) is 11.8 Å². The molecule has 1 unspecified atom stereocenters. The molecule has 0 saturated heterocycles.